The first-order chi connectivity index (χ1) is 4.74. The summed E-state index contributed by atoms with van der Waals surface area (Å²) in [5, 5.41) is 2.36. The molecule has 0 spiro atoms. The van der Waals surface area contributed by atoms with Gasteiger partial charge in [0, 0.05) is 7.11 Å². The lowest BCUT2D eigenvalue weighted by molar-refractivity contribution is 0.0976. The highest BCUT2D eigenvalue weighted by Crippen LogP contribution is 1.85. The lowest BCUT2D eigenvalue weighted by atomic mass is 10.5. The second-order valence-electron chi connectivity index (χ2n) is 1.53. The average molecular weight is 145 g/mol. The summed E-state index contributed by atoms with van der Waals surface area (Å²) in [5.74, 6) is 0. The van der Waals surface area contributed by atoms with Crippen LogP contribution in [-0.4, -0.2) is 26.5 Å². The molecule has 0 saturated carbocycles. The molecular weight excluding hydrogens is 134 g/mol. The maximum absolute atomic E-state index is 10.5. The summed E-state index contributed by atoms with van der Waals surface area (Å²) in [4.78, 5) is 10.5. The molecule has 1 amide bonds. The van der Waals surface area contributed by atoms with Gasteiger partial charge in [-0.15, -0.1) is 0 Å². The summed E-state index contributed by atoms with van der Waals surface area (Å²) in [6, 6.07) is 0. The van der Waals surface area contributed by atoms with E-state index in [9.17, 15) is 4.79 Å². The molecule has 4 nitrogen and oxygen atoms in total. The lowest BCUT2D eigenvalue weighted by Gasteiger charge is -2.10. The Bertz CT molecular complexity index is 124. The number of carbonyl (C=O) groups is 1. The van der Waals surface area contributed by atoms with Crippen molar-refractivity contribution in [3.05, 3.63) is 12.7 Å². The van der Waals surface area contributed by atoms with Crippen LogP contribution >= 0.6 is 0 Å². The van der Waals surface area contributed by atoms with Gasteiger partial charge in [-0.2, -0.15) is 0 Å². The van der Waals surface area contributed by atoms with Crippen LogP contribution in [0.3, 0.4) is 0 Å². The van der Waals surface area contributed by atoms with E-state index < -0.39 is 12.3 Å². The normalized spacial score (nSPS) is 11.8. The second kappa shape index (κ2) is 4.81. The van der Waals surface area contributed by atoms with Crippen molar-refractivity contribution >= 4 is 6.09 Å². The molecular formula is C6H11NO3. The van der Waals surface area contributed by atoms with Crippen LogP contribution in [0, 0.1) is 0 Å². The van der Waals surface area contributed by atoms with Crippen molar-refractivity contribution in [2.45, 2.75) is 6.23 Å². The van der Waals surface area contributed by atoms with Gasteiger partial charge in [-0.05, 0) is 6.08 Å². The van der Waals surface area contributed by atoms with Crippen molar-refractivity contribution in [2.24, 2.45) is 0 Å². The molecule has 0 bridgehead atoms. The van der Waals surface area contributed by atoms with Crippen molar-refractivity contribution in [3.8, 4) is 0 Å². The SMILES string of the molecule is C=CC(NC(=O)OC)OC. The Hall–Kier alpha value is -1.03. The number of nitrogens with one attached hydrogen (secondary N) is 1. The van der Waals surface area contributed by atoms with E-state index in [1.54, 1.807) is 0 Å². The van der Waals surface area contributed by atoms with E-state index >= 15 is 0 Å². The molecule has 1 atom stereocenters. The highest BCUT2D eigenvalue weighted by atomic mass is 16.6. The maximum atomic E-state index is 10.5. The number of hydrogen-bond acceptors (Lipinski definition) is 3. The summed E-state index contributed by atoms with van der Waals surface area (Å²) >= 11 is 0. The molecule has 0 aromatic rings. The van der Waals surface area contributed by atoms with Crippen molar-refractivity contribution in [1.29, 1.82) is 0 Å². The van der Waals surface area contributed by atoms with Gasteiger partial charge < -0.3 is 9.47 Å². The number of methoxy groups -OCH3 is 2. The lowest BCUT2D eigenvalue weighted by Crippen LogP contribution is -2.34. The minimum atomic E-state index is -0.535. The second-order valence-corrected chi connectivity index (χ2v) is 1.53. The van der Waals surface area contributed by atoms with Crippen LogP contribution < -0.4 is 5.32 Å². The van der Waals surface area contributed by atoms with Crippen molar-refractivity contribution < 1.29 is 14.3 Å². The molecule has 4 heteroatoms. The zero-order valence-corrected chi connectivity index (χ0v) is 6.09. The monoisotopic (exact) mass is 145 g/mol. The number of ether oxygens (including phenoxy) is 2. The zero-order valence-electron chi connectivity index (χ0n) is 6.09. The smallest absolute Gasteiger partial charge is 0.409 e. The van der Waals surface area contributed by atoms with Gasteiger partial charge in [0.05, 0.1) is 7.11 Å². The molecule has 0 heterocycles. The summed E-state index contributed by atoms with van der Waals surface area (Å²) in [5.41, 5.74) is 0. The van der Waals surface area contributed by atoms with E-state index in [0.717, 1.165) is 0 Å². The molecule has 0 fully saturated rings. The third kappa shape index (κ3) is 3.09. The number of rotatable bonds is 3. The average Bonchev–Trinajstić information content (AvgIpc) is 1.99. The van der Waals surface area contributed by atoms with Crippen LogP contribution in [0.5, 0.6) is 0 Å². The van der Waals surface area contributed by atoms with E-state index in [2.05, 4.69) is 16.6 Å². The van der Waals surface area contributed by atoms with E-state index in [1.165, 1.54) is 20.3 Å². The fraction of sp³-hybridized carbons (Fsp3) is 0.500. The number of amides is 1. The standard InChI is InChI=1S/C6H11NO3/c1-4-5(9-2)7-6(8)10-3/h4-5H,1H2,2-3H3,(H,7,8). The molecule has 0 rings (SSSR count). The maximum Gasteiger partial charge on any atom is 0.409 e. The fourth-order valence-electron chi connectivity index (χ4n) is 0.389. The van der Waals surface area contributed by atoms with E-state index in [0.29, 0.717) is 0 Å². The third-order valence-corrected chi connectivity index (χ3v) is 0.914. The molecule has 58 valence electrons. The van der Waals surface area contributed by atoms with Crippen molar-refractivity contribution in [3.63, 3.8) is 0 Å². The van der Waals surface area contributed by atoms with Gasteiger partial charge >= 0.3 is 6.09 Å². The van der Waals surface area contributed by atoms with Gasteiger partial charge in [0.15, 0.2) is 6.23 Å². The molecule has 0 radical (unpaired) electrons. The molecule has 0 aliphatic rings. The van der Waals surface area contributed by atoms with Crippen LogP contribution in [0.1, 0.15) is 0 Å². The summed E-state index contributed by atoms with van der Waals surface area (Å²) in [6.07, 6.45) is 0.441. The van der Waals surface area contributed by atoms with Crippen LogP contribution in [0.4, 0.5) is 4.79 Å². The largest absolute Gasteiger partial charge is 0.453 e. The number of carbonyl (C=O) groups excluding carboxylic acids is 1. The van der Waals surface area contributed by atoms with Crippen molar-refractivity contribution in [1.82, 2.24) is 5.32 Å². The topological polar surface area (TPSA) is 47.6 Å². The molecule has 1 N–H and O–H groups in total. The Labute approximate surface area is 59.8 Å². The van der Waals surface area contributed by atoms with Gasteiger partial charge in [0.2, 0.25) is 0 Å². The van der Waals surface area contributed by atoms with Crippen LogP contribution in [0.15, 0.2) is 12.7 Å². The molecule has 0 aromatic carbocycles. The minimum Gasteiger partial charge on any atom is -0.453 e. The molecule has 0 aliphatic heterocycles. The quantitative estimate of drug-likeness (QED) is 0.464. The summed E-state index contributed by atoms with van der Waals surface area (Å²) < 4.78 is 9.05. The van der Waals surface area contributed by atoms with Crippen LogP contribution in [0.25, 0.3) is 0 Å². The van der Waals surface area contributed by atoms with Gasteiger partial charge in [0.1, 0.15) is 0 Å². The molecule has 10 heavy (non-hydrogen) atoms. The third-order valence-electron chi connectivity index (χ3n) is 0.914. The fourth-order valence-corrected chi connectivity index (χ4v) is 0.389. The Balaban J connectivity index is 3.62. The minimum absolute atomic E-state index is 0.479. The number of alkyl carbamates (subject to hydrolysis) is 1. The highest BCUT2D eigenvalue weighted by Gasteiger charge is 2.04. The van der Waals surface area contributed by atoms with Crippen molar-refractivity contribution in [2.75, 3.05) is 14.2 Å². The first-order valence-corrected chi connectivity index (χ1v) is 2.74. The zero-order chi connectivity index (χ0) is 7.98. The van der Waals surface area contributed by atoms with E-state index in [1.807, 2.05) is 0 Å². The predicted octanol–water partition coefficient (Wildman–Crippen LogP) is 0.501. The molecule has 0 aliphatic carbocycles. The molecule has 0 aromatic heterocycles. The molecule has 0 saturated heterocycles. The van der Waals surface area contributed by atoms with Gasteiger partial charge in [-0.3, -0.25) is 5.32 Å². The van der Waals surface area contributed by atoms with Crippen LogP contribution in [-0.2, 0) is 9.47 Å². The van der Waals surface area contributed by atoms with Gasteiger partial charge in [-0.1, -0.05) is 6.58 Å². The Morgan fingerprint density at radius 1 is 1.70 bits per heavy atom. The Morgan fingerprint density at radius 2 is 2.30 bits per heavy atom. The van der Waals surface area contributed by atoms with E-state index in [-0.39, 0.29) is 0 Å². The summed E-state index contributed by atoms with van der Waals surface area (Å²) in [6.45, 7) is 3.42. The first-order valence-electron chi connectivity index (χ1n) is 2.74. The molecule has 1 unspecified atom stereocenters. The first kappa shape index (κ1) is 8.97. The summed E-state index contributed by atoms with van der Waals surface area (Å²) in [7, 11) is 2.74. The van der Waals surface area contributed by atoms with Gasteiger partial charge in [0.25, 0.3) is 0 Å². The van der Waals surface area contributed by atoms with E-state index in [4.69, 9.17) is 4.74 Å². The Kier molecular flexibility index (Phi) is 4.32. The highest BCUT2D eigenvalue weighted by molar-refractivity contribution is 5.67. The number of hydrogen-bond donors (Lipinski definition) is 1. The predicted molar refractivity (Wildman–Crippen MR) is 36.5 cm³/mol. The van der Waals surface area contributed by atoms with Crippen LogP contribution in [0.2, 0.25) is 0 Å². The van der Waals surface area contributed by atoms with Gasteiger partial charge in [-0.25, -0.2) is 4.79 Å². The Morgan fingerprint density at radius 3 is 2.60 bits per heavy atom.